The van der Waals surface area contributed by atoms with Gasteiger partial charge < -0.3 is 4.90 Å². The van der Waals surface area contributed by atoms with Crippen LogP contribution in [0.4, 0.5) is 11.4 Å². The number of anilines is 2. The van der Waals surface area contributed by atoms with Crippen LogP contribution >= 0.6 is 23.4 Å². The Kier molecular flexibility index (Phi) is 3.23. The maximum absolute atomic E-state index is 6.07. The molecule has 2 aromatic rings. The van der Waals surface area contributed by atoms with Gasteiger partial charge in [0, 0.05) is 21.7 Å². The molecule has 0 saturated carbocycles. The quantitative estimate of drug-likeness (QED) is 0.716. The van der Waals surface area contributed by atoms with Gasteiger partial charge in [0.25, 0.3) is 0 Å². The molecule has 1 nitrogen and oxygen atoms in total. The third-order valence-corrected chi connectivity index (χ3v) is 4.71. The molecule has 92 valence electrons. The molecular weight excluding hydrogens is 262 g/mol. The molecule has 1 aliphatic heterocycles. The van der Waals surface area contributed by atoms with Crippen molar-refractivity contribution in [2.45, 2.75) is 22.8 Å². The van der Waals surface area contributed by atoms with E-state index < -0.39 is 0 Å². The van der Waals surface area contributed by atoms with Gasteiger partial charge in [-0.25, -0.2) is 0 Å². The van der Waals surface area contributed by atoms with Crippen molar-refractivity contribution in [1.82, 2.24) is 0 Å². The molecule has 1 aliphatic rings. The van der Waals surface area contributed by atoms with Crippen LogP contribution in [-0.4, -0.2) is 11.9 Å². The Bertz CT molecular complexity index is 524. The van der Waals surface area contributed by atoms with Crippen LogP contribution in [0.1, 0.15) is 6.92 Å². The summed E-state index contributed by atoms with van der Waals surface area (Å²) >= 11 is 7.90. The van der Waals surface area contributed by atoms with E-state index in [9.17, 15) is 0 Å². The zero-order valence-corrected chi connectivity index (χ0v) is 11.7. The molecule has 0 aromatic heterocycles. The molecule has 1 heterocycles. The van der Waals surface area contributed by atoms with Crippen LogP contribution in [0.5, 0.6) is 0 Å². The SMILES string of the molecule is CC(CCl)N1c2ccccc2Sc2ccccc21. The van der Waals surface area contributed by atoms with Crippen molar-refractivity contribution in [3.63, 3.8) is 0 Å². The number of hydrogen-bond acceptors (Lipinski definition) is 2. The Labute approximate surface area is 117 Å². The van der Waals surface area contributed by atoms with E-state index in [2.05, 4.69) is 60.4 Å². The first-order valence-electron chi connectivity index (χ1n) is 6.02. The van der Waals surface area contributed by atoms with E-state index in [0.717, 1.165) is 0 Å². The molecule has 0 aliphatic carbocycles. The first-order valence-corrected chi connectivity index (χ1v) is 7.37. The van der Waals surface area contributed by atoms with E-state index in [-0.39, 0.29) is 6.04 Å². The second-order valence-corrected chi connectivity index (χ2v) is 5.80. The third kappa shape index (κ3) is 1.90. The lowest BCUT2D eigenvalue weighted by atomic mass is 10.2. The van der Waals surface area contributed by atoms with E-state index in [1.54, 1.807) is 0 Å². The monoisotopic (exact) mass is 275 g/mol. The van der Waals surface area contributed by atoms with Crippen LogP contribution < -0.4 is 4.90 Å². The fourth-order valence-electron chi connectivity index (χ4n) is 2.28. The Balaban J connectivity index is 2.17. The zero-order chi connectivity index (χ0) is 12.5. The maximum Gasteiger partial charge on any atom is 0.0555 e. The van der Waals surface area contributed by atoms with Crippen LogP contribution in [0.25, 0.3) is 0 Å². The molecule has 0 bridgehead atoms. The van der Waals surface area contributed by atoms with Crippen molar-refractivity contribution < 1.29 is 0 Å². The lowest BCUT2D eigenvalue weighted by molar-refractivity contribution is 0.779. The topological polar surface area (TPSA) is 3.24 Å². The average Bonchev–Trinajstić information content (AvgIpc) is 2.44. The molecule has 1 atom stereocenters. The lowest BCUT2D eigenvalue weighted by Gasteiger charge is -2.36. The maximum atomic E-state index is 6.07. The highest BCUT2D eigenvalue weighted by Crippen LogP contribution is 2.48. The van der Waals surface area contributed by atoms with E-state index in [1.165, 1.54) is 21.2 Å². The summed E-state index contributed by atoms with van der Waals surface area (Å²) in [5, 5.41) is 0. The minimum absolute atomic E-state index is 0.287. The number of alkyl halides is 1. The van der Waals surface area contributed by atoms with Crippen LogP contribution in [0.3, 0.4) is 0 Å². The first kappa shape index (κ1) is 11.9. The summed E-state index contributed by atoms with van der Waals surface area (Å²) in [7, 11) is 0. The summed E-state index contributed by atoms with van der Waals surface area (Å²) in [6.07, 6.45) is 0. The van der Waals surface area contributed by atoms with E-state index >= 15 is 0 Å². The van der Waals surface area contributed by atoms with Gasteiger partial charge in [-0.1, -0.05) is 36.0 Å². The minimum Gasteiger partial charge on any atom is -0.336 e. The van der Waals surface area contributed by atoms with Gasteiger partial charge in [-0.15, -0.1) is 11.6 Å². The highest BCUT2D eigenvalue weighted by molar-refractivity contribution is 7.99. The molecule has 3 heteroatoms. The van der Waals surface area contributed by atoms with Crippen LogP contribution in [0.15, 0.2) is 58.3 Å². The average molecular weight is 276 g/mol. The van der Waals surface area contributed by atoms with Gasteiger partial charge in [-0.3, -0.25) is 0 Å². The second-order valence-electron chi connectivity index (χ2n) is 4.41. The van der Waals surface area contributed by atoms with Crippen LogP contribution in [-0.2, 0) is 0 Å². The van der Waals surface area contributed by atoms with Gasteiger partial charge in [0.05, 0.1) is 11.4 Å². The van der Waals surface area contributed by atoms with Crippen molar-refractivity contribution in [3.8, 4) is 0 Å². The van der Waals surface area contributed by atoms with Crippen molar-refractivity contribution in [2.75, 3.05) is 10.8 Å². The normalized spacial score (nSPS) is 14.9. The van der Waals surface area contributed by atoms with Gasteiger partial charge >= 0.3 is 0 Å². The minimum atomic E-state index is 0.287. The Morgan fingerprint density at radius 1 is 1.00 bits per heavy atom. The van der Waals surface area contributed by atoms with E-state index in [0.29, 0.717) is 5.88 Å². The van der Waals surface area contributed by atoms with Gasteiger partial charge in [0.15, 0.2) is 0 Å². The largest absolute Gasteiger partial charge is 0.336 e. The smallest absolute Gasteiger partial charge is 0.0555 e. The number of nitrogens with zero attached hydrogens (tertiary/aromatic N) is 1. The molecule has 0 radical (unpaired) electrons. The van der Waals surface area contributed by atoms with Gasteiger partial charge in [0.2, 0.25) is 0 Å². The molecule has 0 spiro atoms. The van der Waals surface area contributed by atoms with Gasteiger partial charge in [0.1, 0.15) is 0 Å². The Hall–Kier alpha value is -1.12. The molecule has 0 amide bonds. The van der Waals surface area contributed by atoms with Crippen molar-refractivity contribution >= 4 is 34.7 Å². The highest BCUT2D eigenvalue weighted by atomic mass is 35.5. The van der Waals surface area contributed by atoms with Crippen LogP contribution in [0, 0.1) is 0 Å². The summed E-state index contributed by atoms with van der Waals surface area (Å²) in [6.45, 7) is 2.16. The number of rotatable bonds is 2. The first-order chi connectivity index (χ1) is 8.81. The lowest BCUT2D eigenvalue weighted by Crippen LogP contribution is -2.31. The van der Waals surface area contributed by atoms with E-state index in [4.69, 9.17) is 11.6 Å². The Morgan fingerprint density at radius 2 is 1.50 bits per heavy atom. The summed E-state index contributed by atoms with van der Waals surface area (Å²) in [4.78, 5) is 4.94. The molecule has 1 unspecified atom stereocenters. The summed E-state index contributed by atoms with van der Waals surface area (Å²) in [5.74, 6) is 0.618. The number of para-hydroxylation sites is 2. The van der Waals surface area contributed by atoms with Crippen molar-refractivity contribution in [1.29, 1.82) is 0 Å². The Morgan fingerprint density at radius 3 is 2.00 bits per heavy atom. The number of benzene rings is 2. The fraction of sp³-hybridized carbons (Fsp3) is 0.200. The van der Waals surface area contributed by atoms with E-state index in [1.807, 2.05) is 11.8 Å². The highest BCUT2D eigenvalue weighted by Gasteiger charge is 2.25. The van der Waals surface area contributed by atoms with Gasteiger partial charge in [-0.05, 0) is 31.2 Å². The summed E-state index contributed by atoms with van der Waals surface area (Å²) < 4.78 is 0. The van der Waals surface area contributed by atoms with Crippen molar-refractivity contribution in [3.05, 3.63) is 48.5 Å². The van der Waals surface area contributed by atoms with Crippen molar-refractivity contribution in [2.24, 2.45) is 0 Å². The zero-order valence-electron chi connectivity index (χ0n) is 10.1. The number of halogens is 1. The predicted octanol–water partition coefficient (Wildman–Crippen LogP) is 4.92. The number of fused-ring (bicyclic) bond motifs is 2. The molecule has 0 saturated heterocycles. The fourth-order valence-corrected chi connectivity index (χ4v) is 3.49. The molecular formula is C15H14ClNS. The molecule has 18 heavy (non-hydrogen) atoms. The molecule has 2 aromatic carbocycles. The third-order valence-electron chi connectivity index (χ3n) is 3.13. The standard InChI is InChI=1S/C15H14ClNS/c1-11(10-16)17-12-6-2-4-8-14(12)18-15-9-5-3-7-13(15)17/h2-9,11H,10H2,1H3. The second kappa shape index (κ2) is 4.87. The number of hydrogen-bond donors (Lipinski definition) is 0. The summed E-state index contributed by atoms with van der Waals surface area (Å²) in [6, 6.07) is 17.3. The predicted molar refractivity (Wildman–Crippen MR) is 79.3 cm³/mol. The molecule has 0 fully saturated rings. The molecule has 0 N–H and O–H groups in total. The summed E-state index contributed by atoms with van der Waals surface area (Å²) in [5.41, 5.74) is 2.52. The van der Waals surface area contributed by atoms with Gasteiger partial charge in [-0.2, -0.15) is 0 Å². The molecule has 3 rings (SSSR count). The van der Waals surface area contributed by atoms with Crippen LogP contribution in [0.2, 0.25) is 0 Å².